The molecule has 2 rings (SSSR count). The Morgan fingerprint density at radius 1 is 1.57 bits per heavy atom. The zero-order valence-corrected chi connectivity index (χ0v) is 12.9. The molecule has 0 spiro atoms. The third-order valence-electron chi connectivity index (χ3n) is 3.10. The molecule has 1 saturated heterocycles. The number of rotatable bonds is 5. The lowest BCUT2D eigenvalue weighted by Crippen LogP contribution is -2.51. The van der Waals surface area contributed by atoms with Gasteiger partial charge in [-0.15, -0.1) is 0 Å². The molecule has 1 aromatic rings. The Labute approximate surface area is 125 Å². The molecule has 118 valence electrons. The smallest absolute Gasteiger partial charge is 0.306 e. The van der Waals surface area contributed by atoms with Gasteiger partial charge in [0.1, 0.15) is 4.21 Å². The summed E-state index contributed by atoms with van der Waals surface area (Å²) >= 11 is 0.713. The molecule has 1 aliphatic rings. The first-order valence-electron chi connectivity index (χ1n) is 6.14. The third-order valence-corrected chi connectivity index (χ3v) is 6.27. The highest BCUT2D eigenvalue weighted by atomic mass is 32.2. The van der Waals surface area contributed by atoms with Crippen LogP contribution in [-0.4, -0.2) is 32.1 Å². The highest BCUT2D eigenvalue weighted by Gasteiger charge is 2.35. The van der Waals surface area contributed by atoms with Gasteiger partial charge in [0, 0.05) is 12.7 Å². The molecular formula is C10H16N4O5S2. The Bertz CT molecular complexity index is 636. The van der Waals surface area contributed by atoms with E-state index in [1.54, 1.807) is 6.92 Å². The minimum absolute atomic E-state index is 0.00887. The minimum atomic E-state index is -3.88. The number of thiophene rings is 1. The first-order chi connectivity index (χ1) is 9.77. The zero-order chi connectivity index (χ0) is 15.7. The number of ether oxygens (including phenoxy) is 1. The minimum Gasteiger partial charge on any atom is -0.380 e. The molecule has 0 bridgehead atoms. The molecule has 4 N–H and O–H groups in total. The van der Waals surface area contributed by atoms with Gasteiger partial charge in [-0.05, 0) is 19.8 Å². The number of hydrogen-bond donors (Lipinski definition) is 3. The van der Waals surface area contributed by atoms with Crippen LogP contribution in [0.2, 0.25) is 0 Å². The fraction of sp³-hybridized carbons (Fsp3) is 0.600. The van der Waals surface area contributed by atoms with E-state index in [0.29, 0.717) is 24.4 Å². The van der Waals surface area contributed by atoms with Crippen LogP contribution in [-0.2, 0) is 14.8 Å². The first-order valence-corrected chi connectivity index (χ1v) is 8.44. The van der Waals surface area contributed by atoms with Crippen LogP contribution in [0.1, 0.15) is 19.8 Å². The van der Waals surface area contributed by atoms with E-state index in [9.17, 15) is 18.5 Å². The normalized spacial score (nSPS) is 23.0. The van der Waals surface area contributed by atoms with Gasteiger partial charge in [-0.2, -0.15) is 0 Å². The summed E-state index contributed by atoms with van der Waals surface area (Å²) in [5.41, 5.74) is 1.06. The molecule has 0 amide bonds. The van der Waals surface area contributed by atoms with E-state index in [1.165, 1.54) is 0 Å². The predicted molar refractivity (Wildman–Crippen MR) is 77.6 cm³/mol. The van der Waals surface area contributed by atoms with Gasteiger partial charge in [0.25, 0.3) is 10.0 Å². The maximum Gasteiger partial charge on any atom is 0.306 e. The molecule has 1 aromatic heterocycles. The van der Waals surface area contributed by atoms with Gasteiger partial charge in [0.2, 0.25) is 0 Å². The van der Waals surface area contributed by atoms with Crippen molar-refractivity contribution in [1.29, 1.82) is 0 Å². The second-order valence-electron chi connectivity index (χ2n) is 5.00. The Balaban J connectivity index is 2.29. The monoisotopic (exact) mass is 336 g/mol. The quantitative estimate of drug-likeness (QED) is 0.410. The Kier molecular flexibility index (Phi) is 4.49. The Hall–Kier alpha value is -1.27. The van der Waals surface area contributed by atoms with E-state index >= 15 is 0 Å². The van der Waals surface area contributed by atoms with Crippen molar-refractivity contribution in [3.63, 3.8) is 0 Å². The molecule has 0 saturated carbocycles. The predicted octanol–water partition coefficient (Wildman–Crippen LogP) is 0.789. The van der Waals surface area contributed by atoms with Gasteiger partial charge in [0.05, 0.1) is 17.1 Å². The van der Waals surface area contributed by atoms with E-state index in [0.717, 1.165) is 12.5 Å². The summed E-state index contributed by atoms with van der Waals surface area (Å²) in [7, 11) is -3.88. The Morgan fingerprint density at radius 3 is 2.76 bits per heavy atom. The van der Waals surface area contributed by atoms with Crippen molar-refractivity contribution >= 4 is 32.0 Å². The molecule has 0 aliphatic carbocycles. The summed E-state index contributed by atoms with van der Waals surface area (Å²) in [6, 6.07) is 0.995. The van der Waals surface area contributed by atoms with E-state index in [2.05, 4.69) is 10.1 Å². The van der Waals surface area contributed by atoms with Gasteiger partial charge in [-0.25, -0.2) is 19.0 Å². The van der Waals surface area contributed by atoms with Gasteiger partial charge in [0.15, 0.2) is 5.00 Å². The SMILES string of the molecule is CC1(NS(=O)(=O)c2cc([N+](=O)[O-])c(NN)s2)CCCOC1. The van der Waals surface area contributed by atoms with E-state index in [1.807, 2.05) is 0 Å². The van der Waals surface area contributed by atoms with E-state index < -0.39 is 20.5 Å². The summed E-state index contributed by atoms with van der Waals surface area (Å²) in [6.45, 7) is 2.61. The summed E-state index contributed by atoms with van der Waals surface area (Å²) in [4.78, 5) is 10.2. The number of nitro groups is 1. The fourth-order valence-corrected chi connectivity index (χ4v) is 4.78. The van der Waals surface area contributed by atoms with E-state index in [4.69, 9.17) is 10.6 Å². The number of hydrogen-bond acceptors (Lipinski definition) is 8. The van der Waals surface area contributed by atoms with Gasteiger partial charge in [-0.1, -0.05) is 11.3 Å². The highest BCUT2D eigenvalue weighted by molar-refractivity contribution is 7.91. The molecule has 1 aliphatic heterocycles. The molecule has 0 radical (unpaired) electrons. The molecule has 21 heavy (non-hydrogen) atoms. The maximum absolute atomic E-state index is 12.4. The fourth-order valence-electron chi connectivity index (χ4n) is 2.12. The van der Waals surface area contributed by atoms with Crippen LogP contribution in [0.4, 0.5) is 10.7 Å². The topological polar surface area (TPSA) is 137 Å². The summed E-state index contributed by atoms with van der Waals surface area (Å²) in [5, 5.41) is 10.8. The van der Waals surface area contributed by atoms with Crippen LogP contribution in [0.25, 0.3) is 0 Å². The Morgan fingerprint density at radius 2 is 2.29 bits per heavy atom. The second kappa shape index (κ2) is 5.85. The van der Waals surface area contributed by atoms with Crippen molar-refractivity contribution in [3.05, 3.63) is 16.2 Å². The average molecular weight is 336 g/mol. The van der Waals surface area contributed by atoms with E-state index in [-0.39, 0.29) is 21.5 Å². The van der Waals surface area contributed by atoms with Crippen LogP contribution >= 0.6 is 11.3 Å². The molecule has 0 aromatic carbocycles. The van der Waals surface area contributed by atoms with Crippen molar-refractivity contribution in [1.82, 2.24) is 4.72 Å². The number of sulfonamides is 1. The average Bonchev–Trinajstić information content (AvgIpc) is 2.83. The molecule has 1 atom stereocenters. The maximum atomic E-state index is 12.4. The number of nitrogens with zero attached hydrogens (tertiary/aromatic N) is 1. The number of nitrogens with two attached hydrogens (primary N) is 1. The van der Waals surface area contributed by atoms with Gasteiger partial charge < -0.3 is 10.2 Å². The van der Waals surface area contributed by atoms with Crippen LogP contribution in [0, 0.1) is 10.1 Å². The molecule has 11 heteroatoms. The largest absolute Gasteiger partial charge is 0.380 e. The van der Waals surface area contributed by atoms with Gasteiger partial charge >= 0.3 is 5.69 Å². The van der Waals surface area contributed by atoms with Crippen molar-refractivity contribution in [2.24, 2.45) is 5.84 Å². The highest BCUT2D eigenvalue weighted by Crippen LogP contribution is 2.36. The molecule has 1 fully saturated rings. The molecule has 2 heterocycles. The molecule has 9 nitrogen and oxygen atoms in total. The molecular weight excluding hydrogens is 320 g/mol. The van der Waals surface area contributed by atoms with Crippen LogP contribution in [0.15, 0.2) is 10.3 Å². The number of hydrazine groups is 1. The van der Waals surface area contributed by atoms with Crippen molar-refractivity contribution in [2.45, 2.75) is 29.5 Å². The van der Waals surface area contributed by atoms with Crippen molar-refractivity contribution < 1.29 is 18.1 Å². The summed E-state index contributed by atoms with van der Waals surface area (Å²) < 4.78 is 32.4. The first kappa shape index (κ1) is 16.1. The number of anilines is 1. The third kappa shape index (κ3) is 3.49. The number of nitrogen functional groups attached to an aromatic ring is 1. The summed E-state index contributed by atoms with van der Waals surface area (Å²) in [6.07, 6.45) is 1.39. The molecule has 1 unspecified atom stereocenters. The van der Waals surface area contributed by atoms with Crippen molar-refractivity contribution in [3.8, 4) is 0 Å². The van der Waals surface area contributed by atoms with Crippen LogP contribution in [0.5, 0.6) is 0 Å². The lowest BCUT2D eigenvalue weighted by molar-refractivity contribution is -0.383. The lowest BCUT2D eigenvalue weighted by Gasteiger charge is -2.33. The van der Waals surface area contributed by atoms with Crippen LogP contribution in [0.3, 0.4) is 0 Å². The summed E-state index contributed by atoms with van der Waals surface area (Å²) in [5.74, 6) is 5.18. The second-order valence-corrected chi connectivity index (χ2v) is 7.96. The van der Waals surface area contributed by atoms with Crippen molar-refractivity contribution in [2.75, 3.05) is 18.6 Å². The number of nitrogens with one attached hydrogen (secondary N) is 2. The lowest BCUT2D eigenvalue weighted by atomic mass is 9.97. The zero-order valence-electron chi connectivity index (χ0n) is 11.3. The van der Waals surface area contributed by atoms with Gasteiger partial charge in [-0.3, -0.25) is 10.1 Å². The van der Waals surface area contributed by atoms with Crippen LogP contribution < -0.4 is 16.0 Å². The standard InChI is InChI=1S/C10H16N4O5S2/c1-10(3-2-4-19-6-10)13-21(17,18)8-5-7(14(15)16)9(12-11)20-8/h5,12-13H,2-4,6,11H2,1H3.